The summed E-state index contributed by atoms with van der Waals surface area (Å²) >= 11 is 0. The minimum atomic E-state index is -1.35. The van der Waals surface area contributed by atoms with Crippen molar-refractivity contribution in [2.45, 2.75) is 26.7 Å². The van der Waals surface area contributed by atoms with Crippen molar-refractivity contribution >= 4 is 22.9 Å². The smallest absolute Gasteiger partial charge is 0.324 e. The molecular formula is C23H22O5. The first kappa shape index (κ1) is 18.3. The zero-order valence-corrected chi connectivity index (χ0v) is 16.0. The third-order valence-corrected chi connectivity index (χ3v) is 5.32. The number of furan rings is 1. The summed E-state index contributed by atoms with van der Waals surface area (Å²) in [6, 6.07) is 13.8. The highest BCUT2D eigenvalue weighted by Crippen LogP contribution is 2.46. The van der Waals surface area contributed by atoms with Gasteiger partial charge in [0.05, 0.1) is 19.5 Å². The van der Waals surface area contributed by atoms with Gasteiger partial charge in [0.1, 0.15) is 5.58 Å². The number of fused-ring (bicyclic) bond motifs is 2. The lowest BCUT2D eigenvalue weighted by Crippen LogP contribution is -2.43. The van der Waals surface area contributed by atoms with Crippen LogP contribution in [0.3, 0.4) is 0 Å². The second-order valence-corrected chi connectivity index (χ2v) is 6.96. The third kappa shape index (κ3) is 2.78. The summed E-state index contributed by atoms with van der Waals surface area (Å²) in [6.45, 7) is 3.90. The number of esters is 2. The van der Waals surface area contributed by atoms with Crippen LogP contribution in [0.5, 0.6) is 0 Å². The highest BCUT2D eigenvalue weighted by atomic mass is 16.6. The van der Waals surface area contributed by atoms with Gasteiger partial charge in [-0.1, -0.05) is 30.3 Å². The second-order valence-electron chi connectivity index (χ2n) is 6.96. The Labute approximate surface area is 163 Å². The molecule has 5 heteroatoms. The molecule has 0 unspecified atom stereocenters. The van der Waals surface area contributed by atoms with Crippen LogP contribution < -0.4 is 0 Å². The number of carbonyl (C=O) groups excluding carboxylic acids is 2. The number of hydrogen-bond donors (Lipinski definition) is 0. The predicted molar refractivity (Wildman–Crippen MR) is 105 cm³/mol. The molecule has 0 bridgehead atoms. The Hall–Kier alpha value is -3.08. The van der Waals surface area contributed by atoms with Gasteiger partial charge in [-0.2, -0.15) is 0 Å². The molecule has 0 fully saturated rings. The molecule has 4 rings (SSSR count). The van der Waals surface area contributed by atoms with Crippen LogP contribution >= 0.6 is 0 Å². The van der Waals surface area contributed by atoms with Gasteiger partial charge in [-0.05, 0) is 54.7 Å². The van der Waals surface area contributed by atoms with E-state index in [1.807, 2.05) is 42.5 Å². The maximum atomic E-state index is 12.9. The van der Waals surface area contributed by atoms with E-state index in [1.54, 1.807) is 20.1 Å². The summed E-state index contributed by atoms with van der Waals surface area (Å²) in [7, 11) is 0. The van der Waals surface area contributed by atoms with Gasteiger partial charge in [0, 0.05) is 11.8 Å². The van der Waals surface area contributed by atoms with E-state index in [-0.39, 0.29) is 26.1 Å². The van der Waals surface area contributed by atoms with Gasteiger partial charge in [-0.15, -0.1) is 0 Å². The lowest BCUT2D eigenvalue weighted by atomic mass is 9.84. The van der Waals surface area contributed by atoms with Crippen molar-refractivity contribution in [3.05, 3.63) is 59.9 Å². The zero-order chi connectivity index (χ0) is 19.7. The summed E-state index contributed by atoms with van der Waals surface area (Å²) in [6.07, 6.45) is 2.16. The molecule has 1 aromatic heterocycles. The number of carbonyl (C=O) groups is 2. The molecule has 0 amide bonds. The predicted octanol–water partition coefficient (Wildman–Crippen LogP) is 4.31. The normalized spacial score (nSPS) is 14.6. The first-order valence-corrected chi connectivity index (χ1v) is 9.52. The Morgan fingerprint density at radius 2 is 1.68 bits per heavy atom. The molecule has 0 spiro atoms. The molecule has 28 heavy (non-hydrogen) atoms. The Morgan fingerprint density at radius 3 is 2.32 bits per heavy atom. The lowest BCUT2D eigenvalue weighted by molar-refractivity contribution is -0.171. The Balaban J connectivity index is 1.91. The highest BCUT2D eigenvalue weighted by Gasteiger charge is 2.53. The first-order chi connectivity index (χ1) is 13.6. The summed E-state index contributed by atoms with van der Waals surface area (Å²) in [5.41, 5.74) is 3.30. The minimum absolute atomic E-state index is 0.213. The van der Waals surface area contributed by atoms with E-state index in [2.05, 4.69) is 0 Å². The molecule has 2 aromatic carbocycles. The van der Waals surface area contributed by atoms with Gasteiger partial charge < -0.3 is 13.9 Å². The number of rotatable bonds is 5. The van der Waals surface area contributed by atoms with E-state index in [0.717, 1.165) is 33.2 Å². The topological polar surface area (TPSA) is 65.7 Å². The van der Waals surface area contributed by atoms with E-state index < -0.39 is 17.4 Å². The van der Waals surface area contributed by atoms with Crippen LogP contribution in [-0.2, 0) is 31.9 Å². The van der Waals surface area contributed by atoms with Crippen molar-refractivity contribution in [3.63, 3.8) is 0 Å². The number of benzene rings is 2. The van der Waals surface area contributed by atoms with Crippen molar-refractivity contribution in [3.8, 4) is 11.1 Å². The fourth-order valence-corrected chi connectivity index (χ4v) is 4.10. The zero-order valence-electron chi connectivity index (χ0n) is 16.0. The molecule has 144 valence electrons. The molecule has 0 radical (unpaired) electrons. The van der Waals surface area contributed by atoms with Crippen LogP contribution in [-0.4, -0.2) is 25.2 Å². The molecule has 0 N–H and O–H groups in total. The summed E-state index contributed by atoms with van der Waals surface area (Å²) in [5.74, 6) is -1.06. The van der Waals surface area contributed by atoms with Crippen molar-refractivity contribution in [2.24, 2.45) is 5.41 Å². The van der Waals surface area contributed by atoms with Crippen LogP contribution in [0, 0.1) is 5.41 Å². The van der Waals surface area contributed by atoms with Gasteiger partial charge in [-0.3, -0.25) is 9.59 Å². The summed E-state index contributed by atoms with van der Waals surface area (Å²) < 4.78 is 16.2. The molecule has 1 aliphatic rings. The van der Waals surface area contributed by atoms with Crippen molar-refractivity contribution < 1.29 is 23.5 Å². The minimum Gasteiger partial charge on any atom is -0.465 e. The monoisotopic (exact) mass is 378 g/mol. The highest BCUT2D eigenvalue weighted by molar-refractivity contribution is 6.04. The summed E-state index contributed by atoms with van der Waals surface area (Å²) in [4.78, 5) is 25.8. The van der Waals surface area contributed by atoms with Gasteiger partial charge in [0.15, 0.2) is 5.41 Å². The fourth-order valence-electron chi connectivity index (χ4n) is 4.10. The van der Waals surface area contributed by atoms with E-state index >= 15 is 0 Å². The van der Waals surface area contributed by atoms with Crippen LogP contribution in [0.1, 0.15) is 25.0 Å². The number of ether oxygens (including phenoxy) is 2. The maximum Gasteiger partial charge on any atom is 0.324 e. The fraction of sp³-hybridized carbons (Fsp3) is 0.304. The Kier molecular flexibility index (Phi) is 4.67. The molecule has 1 heterocycles. The average Bonchev–Trinajstić information content (AvgIpc) is 3.32. The standard InChI is InChI=1S/C23H22O5/c1-3-26-21(24)23(22(25)27-4-2)13-16-12-19-17(10-11-28-19)20(18(16)14-23)15-8-6-5-7-9-15/h5-12H,3-4,13-14H2,1-2H3. The van der Waals surface area contributed by atoms with Crippen LogP contribution in [0.25, 0.3) is 22.1 Å². The van der Waals surface area contributed by atoms with Crippen molar-refractivity contribution in [1.29, 1.82) is 0 Å². The molecule has 0 aliphatic heterocycles. The lowest BCUT2D eigenvalue weighted by Gasteiger charge is -2.24. The third-order valence-electron chi connectivity index (χ3n) is 5.32. The van der Waals surface area contributed by atoms with Crippen LogP contribution in [0.2, 0.25) is 0 Å². The second kappa shape index (κ2) is 7.15. The molecule has 5 nitrogen and oxygen atoms in total. The average molecular weight is 378 g/mol. The Morgan fingerprint density at radius 1 is 1.00 bits per heavy atom. The largest absolute Gasteiger partial charge is 0.465 e. The van der Waals surface area contributed by atoms with E-state index in [0.29, 0.717) is 0 Å². The maximum absolute atomic E-state index is 12.9. The summed E-state index contributed by atoms with van der Waals surface area (Å²) in [5, 5.41) is 0.966. The molecule has 0 saturated carbocycles. The van der Waals surface area contributed by atoms with Crippen LogP contribution in [0.15, 0.2) is 53.1 Å². The molecule has 0 atom stereocenters. The quantitative estimate of drug-likeness (QED) is 0.489. The van der Waals surface area contributed by atoms with Gasteiger partial charge in [-0.25, -0.2) is 0 Å². The number of hydrogen-bond acceptors (Lipinski definition) is 5. The van der Waals surface area contributed by atoms with E-state index in [4.69, 9.17) is 13.9 Å². The van der Waals surface area contributed by atoms with Crippen LogP contribution in [0.4, 0.5) is 0 Å². The first-order valence-electron chi connectivity index (χ1n) is 9.52. The molecule has 3 aromatic rings. The SMILES string of the molecule is CCOC(=O)C1(C(=O)OCC)Cc2cc3occc3c(-c3ccccc3)c2C1. The Bertz CT molecular complexity index is 1010. The van der Waals surface area contributed by atoms with E-state index in [1.165, 1.54) is 0 Å². The van der Waals surface area contributed by atoms with Gasteiger partial charge >= 0.3 is 11.9 Å². The molecule has 1 aliphatic carbocycles. The van der Waals surface area contributed by atoms with Gasteiger partial charge in [0.25, 0.3) is 0 Å². The van der Waals surface area contributed by atoms with Crippen molar-refractivity contribution in [2.75, 3.05) is 13.2 Å². The van der Waals surface area contributed by atoms with Gasteiger partial charge in [0.2, 0.25) is 0 Å². The van der Waals surface area contributed by atoms with E-state index in [9.17, 15) is 9.59 Å². The van der Waals surface area contributed by atoms with Crippen molar-refractivity contribution in [1.82, 2.24) is 0 Å². The molecular weight excluding hydrogens is 356 g/mol. The molecule has 0 saturated heterocycles.